The van der Waals surface area contributed by atoms with E-state index in [1.807, 2.05) is 60.9 Å². The third kappa shape index (κ3) is 4.05. The van der Waals surface area contributed by atoms with E-state index in [1.54, 1.807) is 6.20 Å². The first-order valence-corrected chi connectivity index (χ1v) is 9.97. The van der Waals surface area contributed by atoms with Gasteiger partial charge in [-0.05, 0) is 62.2 Å². The number of carbonyl (C=O) groups is 2. The summed E-state index contributed by atoms with van der Waals surface area (Å²) in [6.45, 7) is 4.62. The number of amides is 2. The normalized spacial score (nSPS) is 12.8. The Morgan fingerprint density at radius 3 is 2.87 bits per heavy atom. The van der Waals surface area contributed by atoms with Crippen molar-refractivity contribution in [2.75, 3.05) is 18.5 Å². The van der Waals surface area contributed by atoms with Gasteiger partial charge in [-0.15, -0.1) is 0 Å². The number of carbonyl (C=O) groups excluding carboxylic acids is 2. The van der Waals surface area contributed by atoms with Gasteiger partial charge in [0, 0.05) is 29.7 Å². The van der Waals surface area contributed by atoms with Crippen LogP contribution in [0.4, 0.5) is 5.69 Å². The first kappa shape index (κ1) is 19.7. The van der Waals surface area contributed by atoms with Gasteiger partial charge in [0.25, 0.3) is 5.91 Å². The van der Waals surface area contributed by atoms with Crippen LogP contribution in [0.2, 0.25) is 0 Å². The molecule has 0 saturated carbocycles. The number of benzene rings is 1. The number of aromatic nitrogens is 2. The number of aryl methyl sites for hydroxylation is 2. The fourth-order valence-corrected chi connectivity index (χ4v) is 3.71. The second-order valence-corrected chi connectivity index (χ2v) is 7.28. The summed E-state index contributed by atoms with van der Waals surface area (Å²) in [5.41, 5.74) is 4.34. The number of pyridine rings is 1. The molecule has 154 valence electrons. The van der Waals surface area contributed by atoms with Crippen LogP contribution in [-0.4, -0.2) is 34.5 Å². The van der Waals surface area contributed by atoms with Crippen LogP contribution in [0, 0.1) is 13.8 Å². The van der Waals surface area contributed by atoms with Gasteiger partial charge in [-0.2, -0.15) is 0 Å². The lowest BCUT2D eigenvalue weighted by Gasteiger charge is -2.17. The zero-order chi connectivity index (χ0) is 21.1. The quantitative estimate of drug-likeness (QED) is 0.618. The molecule has 2 N–H and O–H groups in total. The van der Waals surface area contributed by atoms with Crippen molar-refractivity contribution in [1.82, 2.24) is 14.9 Å². The zero-order valence-electron chi connectivity index (χ0n) is 17.1. The molecule has 1 aliphatic heterocycles. The van der Waals surface area contributed by atoms with Crippen molar-refractivity contribution >= 4 is 17.5 Å². The molecule has 0 fully saturated rings. The number of rotatable bonds is 6. The molecule has 0 spiro atoms. The van der Waals surface area contributed by atoms with E-state index in [2.05, 4.69) is 15.6 Å². The maximum Gasteiger partial charge on any atom is 0.253 e. The topological polar surface area (TPSA) is 85.2 Å². The molecule has 2 aromatic heterocycles. The first-order valence-electron chi connectivity index (χ1n) is 9.97. The van der Waals surface area contributed by atoms with Crippen molar-refractivity contribution in [3.05, 3.63) is 71.2 Å². The highest BCUT2D eigenvalue weighted by Crippen LogP contribution is 2.26. The fraction of sp³-hybridized carbons (Fsp3) is 0.261. The predicted octanol–water partition coefficient (Wildman–Crippen LogP) is 3.18. The molecular formula is C23H24N4O3. The molecule has 30 heavy (non-hydrogen) atoms. The monoisotopic (exact) mass is 404 g/mol. The summed E-state index contributed by atoms with van der Waals surface area (Å²) < 4.78 is 7.74. The number of hydrogen-bond donors (Lipinski definition) is 2. The minimum atomic E-state index is -0.137. The van der Waals surface area contributed by atoms with Crippen LogP contribution < -0.4 is 15.4 Å². The maximum atomic E-state index is 12.7. The summed E-state index contributed by atoms with van der Waals surface area (Å²) in [7, 11) is 0. The highest BCUT2D eigenvalue weighted by atomic mass is 16.5. The average molecular weight is 404 g/mol. The Balaban J connectivity index is 1.34. The highest BCUT2D eigenvalue weighted by Gasteiger charge is 2.17. The molecule has 0 unspecified atom stereocenters. The van der Waals surface area contributed by atoms with E-state index in [9.17, 15) is 9.59 Å². The van der Waals surface area contributed by atoms with Crippen LogP contribution in [0.1, 0.15) is 33.7 Å². The maximum absolute atomic E-state index is 12.7. The Morgan fingerprint density at radius 1 is 1.20 bits per heavy atom. The minimum absolute atomic E-state index is 0.0429. The molecule has 0 saturated heterocycles. The van der Waals surface area contributed by atoms with Crippen LogP contribution in [0.3, 0.4) is 0 Å². The standard InChI is InChI=1S/C23H24N4O3/c1-15-13-19(16(2)27(15)21-5-3-4-10-24-21)23(29)25-11-12-30-18-7-8-20-17(14-18)6-9-22(28)26-20/h3-5,7-8,10,13-14H,6,9,11-12H2,1-2H3,(H,25,29)(H,26,28). The van der Waals surface area contributed by atoms with E-state index in [0.717, 1.165) is 34.2 Å². The lowest BCUT2D eigenvalue weighted by atomic mass is 10.0. The van der Waals surface area contributed by atoms with Crippen molar-refractivity contribution in [3.63, 3.8) is 0 Å². The van der Waals surface area contributed by atoms with Gasteiger partial charge in [0.05, 0.1) is 12.1 Å². The molecule has 0 bridgehead atoms. The second kappa shape index (κ2) is 8.41. The molecule has 4 rings (SSSR count). The summed E-state index contributed by atoms with van der Waals surface area (Å²) >= 11 is 0. The third-order valence-electron chi connectivity index (χ3n) is 5.18. The van der Waals surface area contributed by atoms with Gasteiger partial charge >= 0.3 is 0 Å². The van der Waals surface area contributed by atoms with E-state index in [4.69, 9.17) is 4.74 Å². The van der Waals surface area contributed by atoms with Crippen molar-refractivity contribution in [1.29, 1.82) is 0 Å². The SMILES string of the molecule is Cc1cc(C(=O)NCCOc2ccc3c(c2)CCC(=O)N3)c(C)n1-c1ccccn1. The van der Waals surface area contributed by atoms with Gasteiger partial charge in [-0.3, -0.25) is 9.59 Å². The summed E-state index contributed by atoms with van der Waals surface area (Å²) in [5.74, 6) is 1.43. The van der Waals surface area contributed by atoms with Gasteiger partial charge in [-0.1, -0.05) is 6.07 Å². The van der Waals surface area contributed by atoms with Gasteiger partial charge < -0.3 is 19.9 Å². The molecular weight excluding hydrogens is 380 g/mol. The molecule has 1 aromatic carbocycles. The molecule has 2 amide bonds. The number of nitrogens with zero attached hydrogens (tertiary/aromatic N) is 2. The van der Waals surface area contributed by atoms with Crippen LogP contribution in [0.15, 0.2) is 48.7 Å². The van der Waals surface area contributed by atoms with Crippen LogP contribution in [0.25, 0.3) is 5.82 Å². The van der Waals surface area contributed by atoms with E-state index in [0.29, 0.717) is 31.6 Å². The molecule has 0 atom stereocenters. The summed E-state index contributed by atoms with van der Waals surface area (Å²) in [6.07, 6.45) is 2.93. The lowest BCUT2D eigenvalue weighted by Crippen LogP contribution is -2.28. The van der Waals surface area contributed by atoms with E-state index in [1.165, 1.54) is 0 Å². The van der Waals surface area contributed by atoms with Gasteiger partial charge in [0.1, 0.15) is 18.2 Å². The fourth-order valence-electron chi connectivity index (χ4n) is 3.71. The van der Waals surface area contributed by atoms with Crippen molar-refractivity contribution < 1.29 is 14.3 Å². The highest BCUT2D eigenvalue weighted by molar-refractivity contribution is 5.96. The summed E-state index contributed by atoms with van der Waals surface area (Å²) in [6, 6.07) is 13.2. The number of ether oxygens (including phenoxy) is 1. The van der Waals surface area contributed by atoms with Crippen LogP contribution in [-0.2, 0) is 11.2 Å². The minimum Gasteiger partial charge on any atom is -0.492 e. The Morgan fingerprint density at radius 2 is 2.07 bits per heavy atom. The number of nitrogens with one attached hydrogen (secondary N) is 2. The number of anilines is 1. The summed E-state index contributed by atoms with van der Waals surface area (Å²) in [5, 5.41) is 5.77. The molecule has 3 aromatic rings. The summed E-state index contributed by atoms with van der Waals surface area (Å²) in [4.78, 5) is 28.5. The van der Waals surface area contributed by atoms with Crippen molar-refractivity contribution in [2.24, 2.45) is 0 Å². The lowest BCUT2D eigenvalue weighted by molar-refractivity contribution is -0.116. The Hall–Kier alpha value is -3.61. The van der Waals surface area contributed by atoms with Gasteiger partial charge in [-0.25, -0.2) is 4.98 Å². The van der Waals surface area contributed by atoms with Gasteiger partial charge in [0.15, 0.2) is 0 Å². The Labute approximate surface area is 175 Å². The zero-order valence-corrected chi connectivity index (χ0v) is 17.1. The van der Waals surface area contributed by atoms with Crippen LogP contribution in [0.5, 0.6) is 5.75 Å². The average Bonchev–Trinajstić information content (AvgIpc) is 3.05. The van der Waals surface area contributed by atoms with E-state index >= 15 is 0 Å². The van der Waals surface area contributed by atoms with Crippen molar-refractivity contribution in [2.45, 2.75) is 26.7 Å². The van der Waals surface area contributed by atoms with E-state index in [-0.39, 0.29) is 11.8 Å². The second-order valence-electron chi connectivity index (χ2n) is 7.28. The Kier molecular flexibility index (Phi) is 5.52. The molecule has 7 heteroatoms. The number of fused-ring (bicyclic) bond motifs is 1. The first-order chi connectivity index (χ1) is 14.5. The van der Waals surface area contributed by atoms with Gasteiger partial charge in [0.2, 0.25) is 5.91 Å². The smallest absolute Gasteiger partial charge is 0.253 e. The molecule has 7 nitrogen and oxygen atoms in total. The third-order valence-corrected chi connectivity index (χ3v) is 5.18. The number of hydrogen-bond acceptors (Lipinski definition) is 4. The molecule has 0 aliphatic carbocycles. The Bertz CT molecular complexity index is 1090. The van der Waals surface area contributed by atoms with Crippen LogP contribution >= 0.6 is 0 Å². The predicted molar refractivity (Wildman–Crippen MR) is 114 cm³/mol. The largest absolute Gasteiger partial charge is 0.492 e. The van der Waals surface area contributed by atoms with E-state index < -0.39 is 0 Å². The molecule has 0 radical (unpaired) electrons. The molecule has 1 aliphatic rings. The molecule has 3 heterocycles. The van der Waals surface area contributed by atoms with Crippen molar-refractivity contribution in [3.8, 4) is 11.6 Å².